The quantitative estimate of drug-likeness (QED) is 0.547. The van der Waals surface area contributed by atoms with Crippen LogP contribution in [0.3, 0.4) is 0 Å². The smallest absolute Gasteiger partial charge is 0.253 e. The zero-order valence-electron chi connectivity index (χ0n) is 20.0. The molecule has 178 valence electrons. The van der Waals surface area contributed by atoms with Crippen LogP contribution in [0.1, 0.15) is 31.0 Å². The van der Waals surface area contributed by atoms with Crippen molar-refractivity contribution in [1.82, 2.24) is 10.6 Å². The third kappa shape index (κ3) is 3.93. The van der Waals surface area contributed by atoms with E-state index in [1.165, 1.54) is 0 Å². The van der Waals surface area contributed by atoms with Crippen molar-refractivity contribution in [2.45, 2.75) is 37.9 Å². The molecule has 5 rings (SSSR count). The summed E-state index contributed by atoms with van der Waals surface area (Å²) in [7, 11) is 1.71. The number of likely N-dealkylation sites (N-methyl/N-ethyl adjacent to an activating group) is 1. The molecule has 3 atom stereocenters. The summed E-state index contributed by atoms with van der Waals surface area (Å²) in [6.07, 6.45) is 0.529. The Morgan fingerprint density at radius 3 is 2.43 bits per heavy atom. The number of para-hydroxylation sites is 2. The zero-order chi connectivity index (χ0) is 24.7. The molecule has 7 nitrogen and oxygen atoms in total. The van der Waals surface area contributed by atoms with E-state index in [1.807, 2.05) is 79.7 Å². The molecule has 3 aromatic carbocycles. The van der Waals surface area contributed by atoms with Gasteiger partial charge in [-0.1, -0.05) is 60.7 Å². The maximum absolute atomic E-state index is 13.5. The highest BCUT2D eigenvalue weighted by atomic mass is 16.2. The molecule has 2 heterocycles. The lowest BCUT2D eigenvalue weighted by atomic mass is 9.95. The van der Waals surface area contributed by atoms with E-state index in [-0.39, 0.29) is 11.8 Å². The molecule has 3 aromatic rings. The van der Waals surface area contributed by atoms with Gasteiger partial charge in [-0.3, -0.25) is 14.4 Å². The van der Waals surface area contributed by atoms with Crippen molar-refractivity contribution in [3.63, 3.8) is 0 Å². The van der Waals surface area contributed by atoms with Crippen molar-refractivity contribution in [2.24, 2.45) is 0 Å². The molecule has 0 bridgehead atoms. The highest BCUT2D eigenvalue weighted by Gasteiger charge is 2.40. The topological polar surface area (TPSA) is 90.5 Å². The van der Waals surface area contributed by atoms with Crippen LogP contribution < -0.4 is 20.9 Å². The number of nitrogens with one attached hydrogen (secondary N) is 3. The third-order valence-electron chi connectivity index (χ3n) is 6.91. The maximum atomic E-state index is 13.5. The van der Waals surface area contributed by atoms with E-state index in [1.54, 1.807) is 18.9 Å². The van der Waals surface area contributed by atoms with E-state index in [0.717, 1.165) is 33.6 Å². The first kappa shape index (κ1) is 22.7. The van der Waals surface area contributed by atoms with Crippen molar-refractivity contribution in [3.8, 4) is 11.1 Å². The molecule has 7 heteroatoms. The summed E-state index contributed by atoms with van der Waals surface area (Å²) in [5.41, 5.74) is 4.45. The monoisotopic (exact) mass is 468 g/mol. The van der Waals surface area contributed by atoms with Gasteiger partial charge >= 0.3 is 0 Å². The van der Waals surface area contributed by atoms with Crippen LogP contribution in [0.2, 0.25) is 0 Å². The number of amides is 3. The molecular formula is C28H28N4O3. The number of hydrogen-bond donors (Lipinski definition) is 3. The predicted molar refractivity (Wildman–Crippen MR) is 136 cm³/mol. The molecule has 3 N–H and O–H groups in total. The van der Waals surface area contributed by atoms with E-state index in [9.17, 15) is 14.4 Å². The van der Waals surface area contributed by atoms with Crippen molar-refractivity contribution >= 4 is 29.1 Å². The summed E-state index contributed by atoms with van der Waals surface area (Å²) >= 11 is 0. The fourth-order valence-corrected chi connectivity index (χ4v) is 4.92. The predicted octanol–water partition coefficient (Wildman–Crippen LogP) is 3.42. The first-order valence-electron chi connectivity index (χ1n) is 11.7. The molecule has 2 aliphatic heterocycles. The largest absolute Gasteiger partial charge is 0.371 e. The first-order valence-corrected chi connectivity index (χ1v) is 11.7. The minimum Gasteiger partial charge on any atom is -0.371 e. The van der Waals surface area contributed by atoms with Gasteiger partial charge in [0.15, 0.2) is 0 Å². The molecule has 0 aromatic heterocycles. The Balaban J connectivity index is 1.35. The van der Waals surface area contributed by atoms with Gasteiger partial charge in [-0.05, 0) is 42.7 Å². The lowest BCUT2D eigenvalue weighted by Crippen LogP contribution is -2.55. The van der Waals surface area contributed by atoms with Gasteiger partial charge in [0.05, 0.1) is 5.69 Å². The molecule has 0 spiro atoms. The Morgan fingerprint density at radius 2 is 1.66 bits per heavy atom. The second kappa shape index (κ2) is 8.58. The molecule has 0 saturated heterocycles. The highest BCUT2D eigenvalue weighted by molar-refractivity contribution is 6.06. The molecule has 3 amide bonds. The van der Waals surface area contributed by atoms with Crippen LogP contribution in [0, 0.1) is 0 Å². The van der Waals surface area contributed by atoms with Crippen LogP contribution in [0.4, 0.5) is 11.4 Å². The van der Waals surface area contributed by atoms with Gasteiger partial charge < -0.3 is 20.9 Å². The first-order chi connectivity index (χ1) is 16.8. The second-order valence-corrected chi connectivity index (χ2v) is 9.43. The summed E-state index contributed by atoms with van der Waals surface area (Å²) in [5, 5.41) is 9.00. The van der Waals surface area contributed by atoms with Crippen LogP contribution in [0.15, 0.2) is 72.8 Å². The Labute approximate surface area is 204 Å². The van der Waals surface area contributed by atoms with Crippen LogP contribution in [-0.2, 0) is 20.8 Å². The van der Waals surface area contributed by atoms with Crippen molar-refractivity contribution < 1.29 is 14.4 Å². The Bertz CT molecular complexity index is 1310. The van der Waals surface area contributed by atoms with E-state index >= 15 is 0 Å². The van der Waals surface area contributed by atoms with Gasteiger partial charge in [0, 0.05) is 24.7 Å². The zero-order valence-corrected chi connectivity index (χ0v) is 20.0. The summed E-state index contributed by atoms with van der Waals surface area (Å²) in [5.74, 6) is -0.937. The van der Waals surface area contributed by atoms with Gasteiger partial charge in [-0.15, -0.1) is 0 Å². The third-order valence-corrected chi connectivity index (χ3v) is 6.91. The number of carbonyl (C=O) groups is 3. The van der Waals surface area contributed by atoms with Gasteiger partial charge in [0.1, 0.15) is 17.6 Å². The number of fused-ring (bicyclic) bond motifs is 4. The molecule has 0 aliphatic carbocycles. The van der Waals surface area contributed by atoms with E-state index in [2.05, 4.69) is 16.0 Å². The van der Waals surface area contributed by atoms with Crippen LogP contribution in [-0.4, -0.2) is 36.3 Å². The fourth-order valence-electron chi connectivity index (χ4n) is 4.92. The Kier molecular flexibility index (Phi) is 5.55. The van der Waals surface area contributed by atoms with Gasteiger partial charge in [-0.25, -0.2) is 0 Å². The summed E-state index contributed by atoms with van der Waals surface area (Å²) < 4.78 is 0. The normalized spacial score (nSPS) is 21.1. The Morgan fingerprint density at radius 1 is 1.00 bits per heavy atom. The average molecular weight is 469 g/mol. The lowest BCUT2D eigenvalue weighted by Gasteiger charge is -2.27. The number of anilines is 2. The van der Waals surface area contributed by atoms with Crippen molar-refractivity contribution in [3.05, 3.63) is 83.9 Å². The molecule has 2 aliphatic rings. The van der Waals surface area contributed by atoms with Crippen LogP contribution >= 0.6 is 0 Å². The Hall–Kier alpha value is -4.13. The molecule has 0 saturated carbocycles. The summed E-state index contributed by atoms with van der Waals surface area (Å²) in [6, 6.07) is 21.3. The SMILES string of the molecule is C[C@H](NC(=O)[C@]1(C)Cc2ccccc2N1)C(=O)N[C@@H]1C(=O)N(C)c2ccccc2-c2ccccc21. The molecule has 0 fully saturated rings. The molecule has 0 radical (unpaired) electrons. The maximum Gasteiger partial charge on any atom is 0.253 e. The van der Waals surface area contributed by atoms with Gasteiger partial charge in [-0.2, -0.15) is 0 Å². The number of rotatable bonds is 4. The second-order valence-electron chi connectivity index (χ2n) is 9.43. The van der Waals surface area contributed by atoms with Crippen LogP contribution in [0.5, 0.6) is 0 Å². The number of hydrogen-bond acceptors (Lipinski definition) is 4. The lowest BCUT2D eigenvalue weighted by molar-refractivity contribution is -0.132. The van der Waals surface area contributed by atoms with Crippen LogP contribution in [0.25, 0.3) is 11.1 Å². The minimum atomic E-state index is -0.875. The standard InChI is InChI=1S/C28H28N4O3/c1-17(29-27(35)28(2)16-18-10-4-8-14-22(18)31-28)25(33)30-24-21-13-6-5-11-19(21)20-12-7-9-15-23(20)32(3)26(24)34/h4-15,17,24,31H,16H2,1-3H3,(H,29,35)(H,30,33)/t17-,24-,28-/m0/s1. The molecular weight excluding hydrogens is 440 g/mol. The fraction of sp³-hybridized carbons (Fsp3) is 0.250. The average Bonchev–Trinajstić information content (AvgIpc) is 3.20. The number of benzene rings is 3. The van der Waals surface area contributed by atoms with Gasteiger partial charge in [0.25, 0.3) is 5.91 Å². The van der Waals surface area contributed by atoms with E-state index in [4.69, 9.17) is 0 Å². The van der Waals surface area contributed by atoms with Crippen molar-refractivity contribution in [2.75, 3.05) is 17.3 Å². The highest BCUT2D eigenvalue weighted by Crippen LogP contribution is 2.39. The molecule has 35 heavy (non-hydrogen) atoms. The molecule has 0 unspecified atom stereocenters. The summed E-state index contributed by atoms with van der Waals surface area (Å²) in [6.45, 7) is 3.45. The minimum absolute atomic E-state index is 0.242. The van der Waals surface area contributed by atoms with E-state index < -0.39 is 23.5 Å². The number of carbonyl (C=O) groups excluding carboxylic acids is 3. The van der Waals surface area contributed by atoms with Crippen molar-refractivity contribution in [1.29, 1.82) is 0 Å². The van der Waals surface area contributed by atoms with Gasteiger partial charge in [0.2, 0.25) is 11.8 Å². The number of nitrogens with zero attached hydrogens (tertiary/aromatic N) is 1. The summed E-state index contributed by atoms with van der Waals surface area (Å²) in [4.78, 5) is 41.4. The van der Waals surface area contributed by atoms with E-state index in [0.29, 0.717) is 6.42 Å².